The fraction of sp³-hybridized carbons (Fsp3) is 0.133. The highest BCUT2D eigenvalue weighted by molar-refractivity contribution is 6.21. The first-order chi connectivity index (χ1) is 18.9. The highest BCUT2D eigenvalue weighted by Crippen LogP contribution is 2.44. The van der Waals surface area contributed by atoms with Gasteiger partial charge in [0.2, 0.25) is 0 Å². The van der Waals surface area contributed by atoms with Gasteiger partial charge in [0.05, 0.1) is 17.7 Å². The maximum Gasteiger partial charge on any atom is 0.407 e. The summed E-state index contributed by atoms with van der Waals surface area (Å²) in [6.45, 7) is 1.66. The van der Waals surface area contributed by atoms with E-state index in [0.717, 1.165) is 22.3 Å². The number of carbonyl (C=O) groups excluding carboxylic acids is 4. The summed E-state index contributed by atoms with van der Waals surface area (Å²) in [7, 11) is 0. The van der Waals surface area contributed by atoms with Crippen LogP contribution >= 0.6 is 0 Å². The first-order valence-electron chi connectivity index (χ1n) is 12.3. The molecule has 0 unspecified atom stereocenters. The van der Waals surface area contributed by atoms with Gasteiger partial charge in [-0.15, -0.1) is 0 Å². The van der Waals surface area contributed by atoms with Gasteiger partial charge >= 0.3 is 12.1 Å². The normalized spacial score (nSPS) is 13.6. The Morgan fingerprint density at radius 1 is 0.846 bits per heavy atom. The van der Waals surface area contributed by atoms with Crippen LogP contribution in [0.3, 0.4) is 0 Å². The summed E-state index contributed by atoms with van der Waals surface area (Å²) >= 11 is 0. The number of amides is 3. The summed E-state index contributed by atoms with van der Waals surface area (Å²) in [6.07, 6.45) is -0.638. The monoisotopic (exact) mass is 522 g/mol. The molecule has 6 rings (SSSR count). The Bertz CT molecular complexity index is 1570. The molecule has 3 amide bonds. The predicted molar refractivity (Wildman–Crippen MR) is 138 cm³/mol. The Morgan fingerprint density at radius 2 is 1.38 bits per heavy atom. The first-order valence-corrected chi connectivity index (χ1v) is 12.3. The van der Waals surface area contributed by atoms with Crippen molar-refractivity contribution in [1.29, 1.82) is 0 Å². The minimum Gasteiger partial charge on any atom is -0.464 e. The van der Waals surface area contributed by atoms with Crippen molar-refractivity contribution >= 4 is 23.9 Å². The van der Waals surface area contributed by atoms with Crippen LogP contribution in [-0.2, 0) is 16.1 Å². The standard InChI is InChI=1S/C30H22N2O7/c1-17-25(29(35)39-32-27(33)23-12-6-7-13-24(23)28(32)34)14-18(38-17)15-31-30(36)37-16-26-21-10-4-2-8-19(21)20-9-3-5-11-22(20)26/h2-14,26H,15-16H2,1H3,(H,31,36). The van der Waals surface area contributed by atoms with Gasteiger partial charge in [-0.2, -0.15) is 0 Å². The number of ether oxygens (including phenoxy) is 1. The fourth-order valence-electron chi connectivity index (χ4n) is 5.02. The third-order valence-corrected chi connectivity index (χ3v) is 6.87. The van der Waals surface area contributed by atoms with Gasteiger partial charge in [-0.05, 0) is 47.4 Å². The highest BCUT2D eigenvalue weighted by Gasteiger charge is 2.39. The van der Waals surface area contributed by atoms with Gasteiger partial charge < -0.3 is 19.3 Å². The Morgan fingerprint density at radius 3 is 1.97 bits per heavy atom. The summed E-state index contributed by atoms with van der Waals surface area (Å²) in [5.74, 6) is -1.96. The summed E-state index contributed by atoms with van der Waals surface area (Å²) in [5, 5.41) is 3.06. The van der Waals surface area contributed by atoms with Gasteiger partial charge in [-0.3, -0.25) is 9.59 Å². The number of benzene rings is 3. The van der Waals surface area contributed by atoms with Crippen molar-refractivity contribution in [2.45, 2.75) is 19.4 Å². The Labute approximate surface area is 222 Å². The Hall–Kier alpha value is -5.18. The van der Waals surface area contributed by atoms with E-state index in [9.17, 15) is 19.2 Å². The number of rotatable bonds is 6. The van der Waals surface area contributed by atoms with E-state index >= 15 is 0 Å². The zero-order chi connectivity index (χ0) is 27.1. The van der Waals surface area contributed by atoms with Gasteiger partial charge in [-0.25, -0.2) is 9.59 Å². The second kappa shape index (κ2) is 9.60. The third-order valence-electron chi connectivity index (χ3n) is 6.87. The number of nitrogens with zero attached hydrogens (tertiary/aromatic N) is 1. The van der Waals surface area contributed by atoms with Crippen LogP contribution < -0.4 is 5.32 Å². The zero-order valence-electron chi connectivity index (χ0n) is 20.8. The van der Waals surface area contributed by atoms with E-state index in [0.29, 0.717) is 5.06 Å². The summed E-state index contributed by atoms with van der Waals surface area (Å²) in [4.78, 5) is 55.3. The summed E-state index contributed by atoms with van der Waals surface area (Å²) in [5.41, 5.74) is 4.82. The lowest BCUT2D eigenvalue weighted by molar-refractivity contribution is -0.0585. The van der Waals surface area contributed by atoms with E-state index in [2.05, 4.69) is 17.4 Å². The van der Waals surface area contributed by atoms with Crippen molar-refractivity contribution in [3.63, 3.8) is 0 Å². The molecule has 9 heteroatoms. The number of carbonyl (C=O) groups is 4. The molecule has 1 aliphatic carbocycles. The van der Waals surface area contributed by atoms with Crippen LogP contribution in [0.5, 0.6) is 0 Å². The van der Waals surface area contributed by atoms with Crippen LogP contribution in [0.1, 0.15) is 59.6 Å². The molecule has 1 N–H and O–H groups in total. The van der Waals surface area contributed by atoms with Crippen LogP contribution in [0.25, 0.3) is 11.1 Å². The molecule has 39 heavy (non-hydrogen) atoms. The maximum absolute atomic E-state index is 12.7. The van der Waals surface area contributed by atoms with Crippen LogP contribution in [0.2, 0.25) is 0 Å². The van der Waals surface area contributed by atoms with E-state index in [1.165, 1.54) is 25.1 Å². The van der Waals surface area contributed by atoms with Crippen molar-refractivity contribution in [2.24, 2.45) is 0 Å². The van der Waals surface area contributed by atoms with Crippen LogP contribution in [0.15, 0.2) is 83.3 Å². The second-order valence-corrected chi connectivity index (χ2v) is 9.19. The third kappa shape index (κ3) is 4.23. The number of hydroxylamine groups is 2. The molecule has 0 saturated heterocycles. The fourth-order valence-corrected chi connectivity index (χ4v) is 5.02. The molecule has 0 fully saturated rings. The number of nitrogens with one attached hydrogen (secondary N) is 1. The molecule has 194 valence electrons. The van der Waals surface area contributed by atoms with Gasteiger partial charge in [0.1, 0.15) is 23.7 Å². The van der Waals surface area contributed by atoms with Gasteiger partial charge in [-0.1, -0.05) is 65.7 Å². The number of alkyl carbamates (subject to hydrolysis) is 1. The molecule has 1 aliphatic heterocycles. The van der Waals surface area contributed by atoms with E-state index in [1.807, 2.05) is 36.4 Å². The number of fused-ring (bicyclic) bond motifs is 4. The van der Waals surface area contributed by atoms with Crippen LogP contribution in [0.4, 0.5) is 4.79 Å². The molecule has 2 heterocycles. The average molecular weight is 523 g/mol. The molecule has 2 aliphatic rings. The van der Waals surface area contributed by atoms with Crippen molar-refractivity contribution in [3.05, 3.63) is 118 Å². The van der Waals surface area contributed by atoms with Crippen LogP contribution in [-0.4, -0.2) is 35.5 Å². The largest absolute Gasteiger partial charge is 0.464 e. The smallest absolute Gasteiger partial charge is 0.407 e. The van der Waals surface area contributed by atoms with E-state index in [1.54, 1.807) is 12.1 Å². The number of hydrogen-bond donors (Lipinski definition) is 1. The lowest BCUT2D eigenvalue weighted by Gasteiger charge is -2.14. The second-order valence-electron chi connectivity index (χ2n) is 9.19. The Balaban J connectivity index is 1.06. The predicted octanol–water partition coefficient (Wildman–Crippen LogP) is 4.99. The van der Waals surface area contributed by atoms with Crippen molar-refractivity contribution < 1.29 is 33.2 Å². The molecule has 9 nitrogen and oxygen atoms in total. The van der Waals surface area contributed by atoms with E-state index in [-0.39, 0.29) is 47.3 Å². The zero-order valence-corrected chi connectivity index (χ0v) is 20.8. The minimum atomic E-state index is -0.932. The maximum atomic E-state index is 12.7. The highest BCUT2D eigenvalue weighted by atomic mass is 16.7. The minimum absolute atomic E-state index is 0.0240. The lowest BCUT2D eigenvalue weighted by atomic mass is 9.98. The van der Waals surface area contributed by atoms with E-state index in [4.69, 9.17) is 14.0 Å². The molecular formula is C30H22N2O7. The SMILES string of the molecule is Cc1oc(CNC(=O)OCC2c3ccccc3-c3ccccc32)cc1C(=O)ON1C(=O)c2ccccc2C1=O. The molecule has 1 aromatic heterocycles. The molecule has 0 saturated carbocycles. The quantitative estimate of drug-likeness (QED) is 0.355. The topological polar surface area (TPSA) is 115 Å². The molecule has 4 aromatic rings. The molecule has 3 aromatic carbocycles. The first kappa shape index (κ1) is 24.2. The van der Waals surface area contributed by atoms with Crippen molar-refractivity contribution in [3.8, 4) is 11.1 Å². The number of aryl methyl sites for hydroxylation is 1. The van der Waals surface area contributed by atoms with Crippen molar-refractivity contribution in [2.75, 3.05) is 6.61 Å². The van der Waals surface area contributed by atoms with Gasteiger partial charge in [0.15, 0.2) is 0 Å². The molecule has 0 atom stereocenters. The number of imide groups is 1. The Kier molecular flexibility index (Phi) is 5.95. The number of furan rings is 1. The summed E-state index contributed by atoms with van der Waals surface area (Å²) < 4.78 is 11.1. The summed E-state index contributed by atoms with van der Waals surface area (Å²) in [6, 6.07) is 23.7. The van der Waals surface area contributed by atoms with Gasteiger partial charge in [0.25, 0.3) is 11.8 Å². The van der Waals surface area contributed by atoms with Crippen LogP contribution in [0, 0.1) is 6.92 Å². The average Bonchev–Trinajstić information content (AvgIpc) is 3.57. The lowest BCUT2D eigenvalue weighted by Crippen LogP contribution is -2.32. The molecular weight excluding hydrogens is 500 g/mol. The molecule has 0 spiro atoms. The molecule has 0 bridgehead atoms. The van der Waals surface area contributed by atoms with E-state index < -0.39 is 23.9 Å². The van der Waals surface area contributed by atoms with Crippen molar-refractivity contribution in [1.82, 2.24) is 10.4 Å². The number of hydrogen-bond acceptors (Lipinski definition) is 7. The van der Waals surface area contributed by atoms with Gasteiger partial charge in [0, 0.05) is 5.92 Å². The molecule has 0 radical (unpaired) electrons.